The summed E-state index contributed by atoms with van der Waals surface area (Å²) in [4.78, 5) is 12.5. The smallest absolute Gasteiger partial charge is 0.225 e. The fourth-order valence-corrected chi connectivity index (χ4v) is 4.70. The van der Waals surface area contributed by atoms with Crippen molar-refractivity contribution >= 4 is 33.8 Å². The Morgan fingerprint density at radius 2 is 2.07 bits per heavy atom. The highest BCUT2D eigenvalue weighted by molar-refractivity contribution is 7.08. The average molecular weight is 376 g/mol. The summed E-state index contributed by atoms with van der Waals surface area (Å²) >= 11 is 1.64. The zero-order chi connectivity index (χ0) is 18.4. The van der Waals surface area contributed by atoms with Gasteiger partial charge in [-0.2, -0.15) is 11.3 Å². The number of hydrogen-bond acceptors (Lipinski definition) is 2. The molecule has 1 atom stereocenters. The monoisotopic (exact) mass is 376 g/mol. The van der Waals surface area contributed by atoms with Crippen LogP contribution in [-0.4, -0.2) is 10.5 Å². The van der Waals surface area contributed by atoms with E-state index in [9.17, 15) is 9.18 Å². The van der Waals surface area contributed by atoms with Crippen LogP contribution in [0.3, 0.4) is 0 Å². The number of nitrogens with one attached hydrogen (secondary N) is 1. The number of carbonyl (C=O) groups is 1. The lowest BCUT2D eigenvalue weighted by Crippen LogP contribution is -2.13. The van der Waals surface area contributed by atoms with E-state index < -0.39 is 0 Å². The predicted octanol–water partition coefficient (Wildman–Crippen LogP) is 5.36. The van der Waals surface area contributed by atoms with Gasteiger partial charge in [-0.15, -0.1) is 0 Å². The van der Waals surface area contributed by atoms with Gasteiger partial charge >= 0.3 is 0 Å². The Morgan fingerprint density at radius 1 is 1.19 bits per heavy atom. The molecule has 2 aromatic heterocycles. The Hall–Kier alpha value is -2.92. The summed E-state index contributed by atoms with van der Waals surface area (Å²) in [6.45, 7) is 0.585. The van der Waals surface area contributed by atoms with E-state index in [4.69, 9.17) is 0 Å². The van der Waals surface area contributed by atoms with E-state index in [-0.39, 0.29) is 17.6 Å². The van der Waals surface area contributed by atoms with Gasteiger partial charge in [0.1, 0.15) is 5.82 Å². The summed E-state index contributed by atoms with van der Waals surface area (Å²) in [6, 6.07) is 14.8. The molecule has 0 spiro atoms. The number of nitrogens with zero attached hydrogens (tertiary/aromatic N) is 1. The maximum Gasteiger partial charge on any atom is 0.225 e. The Morgan fingerprint density at radius 3 is 2.89 bits per heavy atom. The lowest BCUT2D eigenvalue weighted by atomic mass is 9.90. The van der Waals surface area contributed by atoms with Gasteiger partial charge < -0.3 is 9.88 Å². The van der Waals surface area contributed by atoms with Gasteiger partial charge in [-0.05, 0) is 57.8 Å². The normalized spacial score (nSPS) is 16.3. The van der Waals surface area contributed by atoms with Gasteiger partial charge in [0.05, 0.1) is 11.2 Å². The zero-order valence-electron chi connectivity index (χ0n) is 14.5. The molecule has 27 heavy (non-hydrogen) atoms. The van der Waals surface area contributed by atoms with Gasteiger partial charge in [0.15, 0.2) is 0 Å². The molecule has 1 amide bonds. The molecule has 0 aliphatic carbocycles. The largest absolute Gasteiger partial charge is 0.343 e. The van der Waals surface area contributed by atoms with E-state index in [0.29, 0.717) is 13.0 Å². The van der Waals surface area contributed by atoms with Crippen LogP contribution >= 0.6 is 11.3 Å². The van der Waals surface area contributed by atoms with Crippen LogP contribution in [0.25, 0.3) is 10.9 Å². The average Bonchev–Trinajstić information content (AvgIpc) is 3.26. The molecule has 5 heteroatoms. The second-order valence-electron chi connectivity index (χ2n) is 6.90. The van der Waals surface area contributed by atoms with Crippen molar-refractivity contribution in [1.82, 2.24) is 4.57 Å². The molecule has 4 aromatic rings. The van der Waals surface area contributed by atoms with E-state index in [1.807, 2.05) is 23.6 Å². The fraction of sp³-hybridized carbons (Fsp3) is 0.136. The SMILES string of the molecule is O=C1C[C@H](c2ccsc2)c2cn(Cc3cccc(F)c3)c3cccc(c23)N1. The Labute approximate surface area is 160 Å². The molecule has 0 saturated carbocycles. The molecular formula is C22H17FN2OS. The first-order valence-corrected chi connectivity index (χ1v) is 9.81. The third kappa shape index (κ3) is 2.84. The van der Waals surface area contributed by atoms with Crippen molar-refractivity contribution in [3.05, 3.63) is 88.0 Å². The number of halogens is 1. The van der Waals surface area contributed by atoms with E-state index in [1.54, 1.807) is 23.5 Å². The van der Waals surface area contributed by atoms with Crippen molar-refractivity contribution in [3.8, 4) is 0 Å². The first-order chi connectivity index (χ1) is 13.2. The summed E-state index contributed by atoms with van der Waals surface area (Å²) < 4.78 is 15.8. The number of benzene rings is 2. The number of carbonyl (C=O) groups excluding carboxylic acids is 1. The number of aromatic nitrogens is 1. The first kappa shape index (κ1) is 16.3. The Bertz CT molecular complexity index is 1150. The van der Waals surface area contributed by atoms with E-state index >= 15 is 0 Å². The summed E-state index contributed by atoms with van der Waals surface area (Å²) in [7, 11) is 0. The minimum absolute atomic E-state index is 0.0242. The third-order valence-electron chi connectivity index (χ3n) is 5.16. The van der Waals surface area contributed by atoms with Gasteiger partial charge in [-0.3, -0.25) is 4.79 Å². The fourth-order valence-electron chi connectivity index (χ4n) is 3.98. The summed E-state index contributed by atoms with van der Waals surface area (Å²) in [5.74, 6) is -0.169. The highest BCUT2D eigenvalue weighted by Crippen LogP contribution is 2.41. The molecule has 5 rings (SSSR count). The maximum atomic E-state index is 13.6. The van der Waals surface area contributed by atoms with E-state index in [2.05, 4.69) is 33.6 Å². The van der Waals surface area contributed by atoms with Crippen molar-refractivity contribution in [2.75, 3.05) is 5.32 Å². The van der Waals surface area contributed by atoms with Crippen molar-refractivity contribution in [3.63, 3.8) is 0 Å². The van der Waals surface area contributed by atoms with Gasteiger partial charge in [0.2, 0.25) is 5.91 Å². The Kier molecular flexibility index (Phi) is 3.83. The van der Waals surface area contributed by atoms with Crippen LogP contribution in [0.5, 0.6) is 0 Å². The van der Waals surface area contributed by atoms with Crippen LogP contribution in [0.2, 0.25) is 0 Å². The molecule has 1 aliphatic heterocycles. The molecular weight excluding hydrogens is 359 g/mol. The molecule has 0 unspecified atom stereocenters. The molecule has 2 aromatic carbocycles. The maximum absolute atomic E-state index is 13.6. The molecule has 134 valence electrons. The van der Waals surface area contributed by atoms with Gasteiger partial charge in [-0.1, -0.05) is 18.2 Å². The summed E-state index contributed by atoms with van der Waals surface area (Å²) in [5, 5.41) is 8.29. The molecule has 3 nitrogen and oxygen atoms in total. The quantitative estimate of drug-likeness (QED) is 0.513. The lowest BCUT2D eigenvalue weighted by Gasteiger charge is -2.12. The molecule has 0 radical (unpaired) electrons. The van der Waals surface area contributed by atoms with Crippen LogP contribution < -0.4 is 5.32 Å². The molecule has 0 bridgehead atoms. The standard InChI is InChI=1S/C22H17FN2OS/c23-16-4-1-3-14(9-16)11-25-12-18-17(15-7-8-27-13-15)10-21(26)24-19-5-2-6-20(25)22(18)19/h1-9,12-13,17H,10-11H2,(H,24,26)/t17-/m1/s1. The second-order valence-corrected chi connectivity index (χ2v) is 7.68. The topological polar surface area (TPSA) is 34.0 Å². The zero-order valence-corrected chi connectivity index (χ0v) is 15.3. The molecule has 0 fully saturated rings. The lowest BCUT2D eigenvalue weighted by molar-refractivity contribution is -0.116. The number of anilines is 1. The van der Waals surface area contributed by atoms with Crippen molar-refractivity contribution < 1.29 is 9.18 Å². The molecule has 1 N–H and O–H groups in total. The number of hydrogen-bond donors (Lipinski definition) is 1. The van der Waals surface area contributed by atoms with Gasteiger partial charge in [0.25, 0.3) is 0 Å². The minimum atomic E-state index is -0.227. The van der Waals surface area contributed by atoms with E-state index in [1.165, 1.54) is 6.07 Å². The van der Waals surface area contributed by atoms with Crippen LogP contribution in [0.4, 0.5) is 10.1 Å². The third-order valence-corrected chi connectivity index (χ3v) is 5.86. The number of amides is 1. The highest BCUT2D eigenvalue weighted by Gasteiger charge is 2.28. The summed E-state index contributed by atoms with van der Waals surface area (Å²) in [6.07, 6.45) is 2.55. The van der Waals surface area contributed by atoms with Gasteiger partial charge in [0, 0.05) is 30.5 Å². The van der Waals surface area contributed by atoms with Crippen LogP contribution in [-0.2, 0) is 11.3 Å². The number of thiophene rings is 1. The molecule has 0 saturated heterocycles. The van der Waals surface area contributed by atoms with Crippen molar-refractivity contribution in [1.29, 1.82) is 0 Å². The van der Waals surface area contributed by atoms with Gasteiger partial charge in [-0.25, -0.2) is 4.39 Å². The summed E-state index contributed by atoms with van der Waals surface area (Å²) in [5.41, 5.74) is 5.12. The van der Waals surface area contributed by atoms with Crippen LogP contribution in [0.1, 0.15) is 29.0 Å². The first-order valence-electron chi connectivity index (χ1n) is 8.87. The molecule has 3 heterocycles. The second kappa shape index (κ2) is 6.35. The predicted molar refractivity (Wildman–Crippen MR) is 107 cm³/mol. The van der Waals surface area contributed by atoms with E-state index in [0.717, 1.165) is 33.3 Å². The number of rotatable bonds is 3. The van der Waals surface area contributed by atoms with Crippen LogP contribution in [0.15, 0.2) is 65.5 Å². The minimum Gasteiger partial charge on any atom is -0.343 e. The van der Waals surface area contributed by atoms with Crippen molar-refractivity contribution in [2.45, 2.75) is 18.9 Å². The van der Waals surface area contributed by atoms with Crippen molar-refractivity contribution in [2.24, 2.45) is 0 Å². The molecule has 1 aliphatic rings. The van der Waals surface area contributed by atoms with Crippen LogP contribution in [0, 0.1) is 5.82 Å². The Balaban J connectivity index is 1.69. The highest BCUT2D eigenvalue weighted by atomic mass is 32.1.